The van der Waals surface area contributed by atoms with E-state index in [-0.39, 0.29) is 24.6 Å². The lowest BCUT2D eigenvalue weighted by Gasteiger charge is -2.15. The molecule has 0 saturated carbocycles. The Labute approximate surface area is 125 Å². The summed E-state index contributed by atoms with van der Waals surface area (Å²) < 4.78 is 35.9. The quantitative estimate of drug-likeness (QED) is 0.737. The molecule has 0 bridgehead atoms. The second-order valence-corrected chi connectivity index (χ2v) is 6.48. The first-order chi connectivity index (χ1) is 9.88. The Hall–Kier alpha value is -1.60. The summed E-state index contributed by atoms with van der Waals surface area (Å²) in [5.41, 5.74) is 0.840. The van der Waals surface area contributed by atoms with Crippen LogP contribution < -0.4 is 9.46 Å². The Morgan fingerprint density at radius 2 is 1.86 bits per heavy atom. The molecule has 7 heteroatoms. The monoisotopic (exact) mass is 315 g/mol. The average molecular weight is 315 g/mol. The van der Waals surface area contributed by atoms with E-state index in [9.17, 15) is 13.2 Å². The molecule has 0 amide bonds. The zero-order chi connectivity index (χ0) is 15.9. The maximum Gasteiger partial charge on any atom is 0.305 e. The smallest absolute Gasteiger partial charge is 0.305 e. The summed E-state index contributed by atoms with van der Waals surface area (Å²) in [6.45, 7) is 1.76. The van der Waals surface area contributed by atoms with Crippen LogP contribution in [0.15, 0.2) is 24.3 Å². The van der Waals surface area contributed by atoms with Gasteiger partial charge in [0.25, 0.3) is 0 Å². The fraction of sp³-hybridized carbons (Fsp3) is 0.500. The van der Waals surface area contributed by atoms with Gasteiger partial charge in [0.1, 0.15) is 5.75 Å². The van der Waals surface area contributed by atoms with Crippen LogP contribution in [0.1, 0.15) is 31.4 Å². The van der Waals surface area contributed by atoms with Crippen molar-refractivity contribution in [3.63, 3.8) is 0 Å². The third kappa shape index (κ3) is 6.14. The number of nitrogens with one attached hydrogen (secondary N) is 1. The van der Waals surface area contributed by atoms with Gasteiger partial charge in [0.2, 0.25) is 10.0 Å². The van der Waals surface area contributed by atoms with Gasteiger partial charge in [-0.3, -0.25) is 4.79 Å². The van der Waals surface area contributed by atoms with Crippen molar-refractivity contribution in [2.24, 2.45) is 0 Å². The number of esters is 1. The molecule has 0 unspecified atom stereocenters. The zero-order valence-corrected chi connectivity index (χ0v) is 13.3. The molecule has 0 aliphatic rings. The number of carbonyl (C=O) groups is 1. The molecule has 0 fully saturated rings. The summed E-state index contributed by atoms with van der Waals surface area (Å²) in [4.78, 5) is 11.0. The minimum absolute atomic E-state index is 0.0916. The number of sulfonamides is 1. The maximum absolute atomic E-state index is 11.9. The van der Waals surface area contributed by atoms with Crippen LogP contribution in [-0.4, -0.2) is 34.4 Å². The highest BCUT2D eigenvalue weighted by atomic mass is 32.2. The first-order valence-electron chi connectivity index (χ1n) is 6.58. The average Bonchev–Trinajstić information content (AvgIpc) is 2.46. The van der Waals surface area contributed by atoms with E-state index in [2.05, 4.69) is 9.46 Å². The highest BCUT2D eigenvalue weighted by Gasteiger charge is 2.16. The molecule has 6 nitrogen and oxygen atoms in total. The normalized spacial score (nSPS) is 12.7. The van der Waals surface area contributed by atoms with E-state index < -0.39 is 16.0 Å². The van der Waals surface area contributed by atoms with Crippen molar-refractivity contribution in [3.05, 3.63) is 29.8 Å². The van der Waals surface area contributed by atoms with Crippen LogP contribution in [0.4, 0.5) is 0 Å². The SMILES string of the molecule is COC(=O)CCCS(=O)(=O)N[C@H](C)c1ccc(OC)cc1. The number of benzene rings is 1. The molecule has 0 radical (unpaired) electrons. The van der Waals surface area contributed by atoms with Crippen LogP contribution >= 0.6 is 0 Å². The van der Waals surface area contributed by atoms with E-state index in [1.807, 2.05) is 0 Å². The number of carbonyl (C=O) groups excluding carboxylic acids is 1. The predicted molar refractivity (Wildman–Crippen MR) is 79.6 cm³/mol. The molecule has 118 valence electrons. The second kappa shape index (κ2) is 7.99. The van der Waals surface area contributed by atoms with Gasteiger partial charge in [0.15, 0.2) is 0 Å². The van der Waals surface area contributed by atoms with E-state index in [1.54, 1.807) is 38.3 Å². The molecular formula is C14H21NO5S. The van der Waals surface area contributed by atoms with Crippen molar-refractivity contribution in [1.82, 2.24) is 4.72 Å². The van der Waals surface area contributed by atoms with Gasteiger partial charge >= 0.3 is 5.97 Å². The van der Waals surface area contributed by atoms with Crippen molar-refractivity contribution in [1.29, 1.82) is 0 Å². The first-order valence-corrected chi connectivity index (χ1v) is 8.24. The molecular weight excluding hydrogens is 294 g/mol. The Bertz CT molecular complexity index is 553. The maximum atomic E-state index is 11.9. The minimum atomic E-state index is -3.44. The highest BCUT2D eigenvalue weighted by Crippen LogP contribution is 2.18. The Morgan fingerprint density at radius 3 is 2.38 bits per heavy atom. The van der Waals surface area contributed by atoms with Crippen molar-refractivity contribution in [2.75, 3.05) is 20.0 Å². The minimum Gasteiger partial charge on any atom is -0.497 e. The fourth-order valence-corrected chi connectivity index (χ4v) is 3.11. The standard InChI is InChI=1S/C14H21NO5S/c1-11(12-6-8-13(19-2)9-7-12)15-21(17,18)10-4-5-14(16)20-3/h6-9,11,15H,4-5,10H2,1-3H3/t11-/m1/s1. The molecule has 0 aliphatic carbocycles. The van der Waals surface area contributed by atoms with Crippen molar-refractivity contribution >= 4 is 16.0 Å². The van der Waals surface area contributed by atoms with Crippen molar-refractivity contribution < 1.29 is 22.7 Å². The van der Waals surface area contributed by atoms with Crippen molar-refractivity contribution in [3.8, 4) is 5.75 Å². The van der Waals surface area contributed by atoms with E-state index in [1.165, 1.54) is 7.11 Å². The molecule has 1 aromatic carbocycles. The van der Waals surface area contributed by atoms with Gasteiger partial charge in [-0.2, -0.15) is 0 Å². The highest BCUT2D eigenvalue weighted by molar-refractivity contribution is 7.89. The molecule has 21 heavy (non-hydrogen) atoms. The number of ether oxygens (including phenoxy) is 2. The third-order valence-corrected chi connectivity index (χ3v) is 4.53. The molecule has 0 aromatic heterocycles. The van der Waals surface area contributed by atoms with Gasteiger partial charge in [-0.1, -0.05) is 12.1 Å². The lowest BCUT2D eigenvalue weighted by molar-refractivity contribution is -0.140. The van der Waals surface area contributed by atoms with Crippen LogP contribution in [0, 0.1) is 0 Å². The molecule has 0 heterocycles. The topological polar surface area (TPSA) is 81.7 Å². The Balaban J connectivity index is 2.54. The summed E-state index contributed by atoms with van der Waals surface area (Å²) in [5, 5.41) is 0. The molecule has 1 rings (SSSR count). The number of hydrogen-bond acceptors (Lipinski definition) is 5. The van der Waals surface area contributed by atoms with Gasteiger partial charge < -0.3 is 9.47 Å². The molecule has 1 N–H and O–H groups in total. The van der Waals surface area contributed by atoms with Crippen LogP contribution in [0.5, 0.6) is 5.75 Å². The van der Waals surface area contributed by atoms with E-state index in [0.29, 0.717) is 5.75 Å². The zero-order valence-electron chi connectivity index (χ0n) is 12.5. The second-order valence-electron chi connectivity index (χ2n) is 4.61. The summed E-state index contributed by atoms with van der Waals surface area (Å²) in [5.74, 6) is 0.197. The van der Waals surface area contributed by atoms with Crippen LogP contribution in [0.2, 0.25) is 0 Å². The fourth-order valence-electron chi connectivity index (χ4n) is 1.80. The van der Waals surface area contributed by atoms with Gasteiger partial charge in [0.05, 0.1) is 20.0 Å². The Morgan fingerprint density at radius 1 is 1.24 bits per heavy atom. The van der Waals surface area contributed by atoms with E-state index >= 15 is 0 Å². The van der Waals surface area contributed by atoms with E-state index in [0.717, 1.165) is 5.56 Å². The Kier molecular flexibility index (Phi) is 6.64. The number of methoxy groups -OCH3 is 2. The summed E-state index contributed by atoms with van der Waals surface area (Å²) >= 11 is 0. The largest absolute Gasteiger partial charge is 0.497 e. The number of hydrogen-bond donors (Lipinski definition) is 1. The molecule has 1 aromatic rings. The molecule has 0 saturated heterocycles. The van der Waals surface area contributed by atoms with E-state index in [4.69, 9.17) is 4.74 Å². The van der Waals surface area contributed by atoms with Gasteiger partial charge in [-0.15, -0.1) is 0 Å². The van der Waals surface area contributed by atoms with Crippen molar-refractivity contribution in [2.45, 2.75) is 25.8 Å². The molecule has 0 spiro atoms. The van der Waals surface area contributed by atoms with Gasteiger partial charge in [-0.25, -0.2) is 13.1 Å². The first kappa shape index (κ1) is 17.5. The molecule has 1 atom stereocenters. The summed E-state index contributed by atoms with van der Waals surface area (Å²) in [6.07, 6.45) is 0.325. The number of rotatable bonds is 8. The third-order valence-electron chi connectivity index (χ3n) is 2.99. The van der Waals surface area contributed by atoms with Crippen LogP contribution in [0.25, 0.3) is 0 Å². The predicted octanol–water partition coefficient (Wildman–Crippen LogP) is 1.63. The summed E-state index contributed by atoms with van der Waals surface area (Å²) in [7, 11) is -0.587. The molecule has 0 aliphatic heterocycles. The lowest BCUT2D eigenvalue weighted by atomic mass is 10.1. The van der Waals surface area contributed by atoms with Crippen LogP contribution in [0.3, 0.4) is 0 Å². The van der Waals surface area contributed by atoms with Crippen LogP contribution in [-0.2, 0) is 19.6 Å². The van der Waals surface area contributed by atoms with Gasteiger partial charge in [0, 0.05) is 12.5 Å². The lowest BCUT2D eigenvalue weighted by Crippen LogP contribution is -2.29. The van der Waals surface area contributed by atoms with Gasteiger partial charge in [-0.05, 0) is 31.0 Å². The summed E-state index contributed by atoms with van der Waals surface area (Å²) in [6, 6.07) is 6.81.